The Morgan fingerprint density at radius 1 is 1.22 bits per heavy atom. The molecule has 0 radical (unpaired) electrons. The van der Waals surface area contributed by atoms with Crippen LogP contribution in [0.4, 0.5) is 0 Å². The minimum Gasteiger partial charge on any atom is -0.381 e. The third kappa shape index (κ3) is 4.35. The van der Waals surface area contributed by atoms with Gasteiger partial charge in [-0.05, 0) is 37.7 Å². The lowest BCUT2D eigenvalue weighted by molar-refractivity contribution is 0.0486. The molecule has 0 spiro atoms. The van der Waals surface area contributed by atoms with Gasteiger partial charge in [-0.1, -0.05) is 30.3 Å². The number of benzene rings is 1. The molecule has 3 aliphatic rings. The SMILES string of the molecule is Cn1nc(C(=O)N2CCSCC2)c2c1CCC(NCC1(c3ccccc3)CCOCC1)C2. The molecule has 1 aliphatic carbocycles. The molecule has 1 amide bonds. The van der Waals surface area contributed by atoms with Crippen molar-refractivity contribution in [1.29, 1.82) is 0 Å². The Balaban J connectivity index is 1.31. The van der Waals surface area contributed by atoms with Crippen LogP contribution < -0.4 is 5.32 Å². The van der Waals surface area contributed by atoms with Crippen molar-refractivity contribution in [3.8, 4) is 0 Å². The first-order valence-electron chi connectivity index (χ1n) is 11.9. The first-order valence-corrected chi connectivity index (χ1v) is 13.1. The van der Waals surface area contributed by atoms with Crippen LogP contribution in [0.15, 0.2) is 30.3 Å². The molecule has 172 valence electrons. The van der Waals surface area contributed by atoms with Crippen LogP contribution in [-0.2, 0) is 30.0 Å². The van der Waals surface area contributed by atoms with E-state index in [1.165, 1.54) is 16.8 Å². The fraction of sp³-hybridized carbons (Fsp3) is 0.600. The Kier molecular flexibility index (Phi) is 6.58. The Labute approximate surface area is 195 Å². The first-order chi connectivity index (χ1) is 15.7. The maximum absolute atomic E-state index is 13.2. The quantitative estimate of drug-likeness (QED) is 0.753. The highest BCUT2D eigenvalue weighted by Gasteiger charge is 2.36. The Morgan fingerprint density at radius 3 is 2.72 bits per heavy atom. The molecule has 2 saturated heterocycles. The van der Waals surface area contributed by atoms with Crippen molar-refractivity contribution >= 4 is 17.7 Å². The highest BCUT2D eigenvalue weighted by atomic mass is 32.2. The molecule has 2 aromatic rings. The highest BCUT2D eigenvalue weighted by Crippen LogP contribution is 2.35. The van der Waals surface area contributed by atoms with Crippen molar-refractivity contribution in [2.45, 2.75) is 43.6 Å². The number of nitrogens with one attached hydrogen (secondary N) is 1. The average molecular weight is 455 g/mol. The number of hydrogen-bond donors (Lipinski definition) is 1. The van der Waals surface area contributed by atoms with Gasteiger partial charge in [0.1, 0.15) is 0 Å². The van der Waals surface area contributed by atoms with E-state index in [-0.39, 0.29) is 11.3 Å². The molecule has 0 saturated carbocycles. The van der Waals surface area contributed by atoms with E-state index in [0.29, 0.717) is 11.7 Å². The second-order valence-corrected chi connectivity index (χ2v) is 10.6. The number of aromatic nitrogens is 2. The number of amides is 1. The predicted octanol–water partition coefficient (Wildman–Crippen LogP) is 2.80. The maximum atomic E-state index is 13.2. The number of carbonyl (C=O) groups excluding carboxylic acids is 1. The Morgan fingerprint density at radius 2 is 1.97 bits per heavy atom. The van der Waals surface area contributed by atoms with Gasteiger partial charge in [0.25, 0.3) is 5.91 Å². The minimum absolute atomic E-state index is 0.119. The fourth-order valence-corrected chi connectivity index (χ4v) is 6.42. The van der Waals surface area contributed by atoms with Crippen molar-refractivity contribution in [2.75, 3.05) is 44.4 Å². The molecule has 0 bridgehead atoms. The van der Waals surface area contributed by atoms with E-state index in [1.807, 2.05) is 28.4 Å². The normalized spacial score (nSPS) is 23.0. The molecule has 6 nitrogen and oxygen atoms in total. The van der Waals surface area contributed by atoms with Gasteiger partial charge in [-0.3, -0.25) is 9.48 Å². The van der Waals surface area contributed by atoms with Crippen molar-refractivity contribution in [3.63, 3.8) is 0 Å². The van der Waals surface area contributed by atoms with Gasteiger partial charge in [-0.15, -0.1) is 0 Å². The van der Waals surface area contributed by atoms with Crippen molar-refractivity contribution in [1.82, 2.24) is 20.0 Å². The number of hydrogen-bond acceptors (Lipinski definition) is 5. The summed E-state index contributed by atoms with van der Waals surface area (Å²) in [6, 6.07) is 11.3. The Hall–Kier alpha value is -1.83. The van der Waals surface area contributed by atoms with Gasteiger partial charge >= 0.3 is 0 Å². The van der Waals surface area contributed by atoms with Crippen LogP contribution in [0.5, 0.6) is 0 Å². The summed E-state index contributed by atoms with van der Waals surface area (Å²) in [5.41, 5.74) is 4.62. The van der Waals surface area contributed by atoms with Gasteiger partial charge in [0, 0.05) is 74.1 Å². The largest absolute Gasteiger partial charge is 0.381 e. The lowest BCUT2D eigenvalue weighted by Gasteiger charge is -2.39. The number of aryl methyl sites for hydroxylation is 1. The summed E-state index contributed by atoms with van der Waals surface area (Å²) in [5.74, 6) is 2.17. The number of fused-ring (bicyclic) bond motifs is 1. The molecule has 1 aromatic heterocycles. The van der Waals surface area contributed by atoms with Crippen LogP contribution in [0.3, 0.4) is 0 Å². The summed E-state index contributed by atoms with van der Waals surface area (Å²) in [7, 11) is 1.99. The average Bonchev–Trinajstić information content (AvgIpc) is 3.19. The molecule has 3 heterocycles. The maximum Gasteiger partial charge on any atom is 0.274 e. The number of ether oxygens (including phenoxy) is 1. The molecule has 1 unspecified atom stereocenters. The van der Waals surface area contributed by atoms with E-state index in [1.54, 1.807) is 0 Å². The van der Waals surface area contributed by atoms with E-state index in [0.717, 1.165) is 76.5 Å². The molecule has 1 N–H and O–H groups in total. The zero-order valence-electron chi connectivity index (χ0n) is 19.0. The van der Waals surface area contributed by atoms with Crippen molar-refractivity contribution < 1.29 is 9.53 Å². The lowest BCUT2D eigenvalue weighted by Crippen LogP contribution is -2.47. The standard InChI is InChI=1S/C25H34N4O2S/c1-28-22-8-7-20(17-21(22)23(27-28)24(30)29-11-15-32-16-12-29)26-18-25(9-13-31-14-10-25)19-5-3-2-4-6-19/h2-6,20,26H,7-18H2,1H3. The van der Waals surface area contributed by atoms with Crippen LogP contribution in [0.1, 0.15) is 46.6 Å². The molecular formula is C25H34N4O2S. The van der Waals surface area contributed by atoms with Gasteiger partial charge in [0.05, 0.1) is 0 Å². The smallest absolute Gasteiger partial charge is 0.274 e. The lowest BCUT2D eigenvalue weighted by atomic mass is 9.73. The predicted molar refractivity (Wildman–Crippen MR) is 128 cm³/mol. The summed E-state index contributed by atoms with van der Waals surface area (Å²) in [4.78, 5) is 15.2. The Bertz CT molecular complexity index is 933. The van der Waals surface area contributed by atoms with Crippen LogP contribution in [0.25, 0.3) is 0 Å². The number of rotatable bonds is 5. The van der Waals surface area contributed by atoms with Gasteiger partial charge < -0.3 is 15.0 Å². The van der Waals surface area contributed by atoms with E-state index in [2.05, 4.69) is 40.7 Å². The molecule has 1 aromatic carbocycles. The van der Waals surface area contributed by atoms with Crippen molar-refractivity contribution in [3.05, 3.63) is 52.8 Å². The van der Waals surface area contributed by atoms with E-state index in [4.69, 9.17) is 4.74 Å². The van der Waals surface area contributed by atoms with Gasteiger partial charge in [-0.2, -0.15) is 16.9 Å². The first kappa shape index (κ1) is 22.0. The van der Waals surface area contributed by atoms with Crippen LogP contribution >= 0.6 is 11.8 Å². The van der Waals surface area contributed by atoms with Gasteiger partial charge in [0.15, 0.2) is 5.69 Å². The summed E-state index contributed by atoms with van der Waals surface area (Å²) in [6.07, 6.45) is 5.04. The molecule has 5 rings (SSSR count). The minimum atomic E-state index is 0.119. The third-order valence-electron chi connectivity index (χ3n) is 7.52. The van der Waals surface area contributed by atoms with E-state index < -0.39 is 0 Å². The summed E-state index contributed by atoms with van der Waals surface area (Å²) in [5, 5.41) is 8.59. The summed E-state index contributed by atoms with van der Waals surface area (Å²) in [6.45, 7) is 4.26. The number of thioether (sulfide) groups is 1. The van der Waals surface area contributed by atoms with E-state index >= 15 is 0 Å². The summed E-state index contributed by atoms with van der Waals surface area (Å²) >= 11 is 1.93. The topological polar surface area (TPSA) is 59.4 Å². The monoisotopic (exact) mass is 454 g/mol. The fourth-order valence-electron chi connectivity index (χ4n) is 5.51. The molecule has 2 fully saturated rings. The number of nitrogens with zero attached hydrogens (tertiary/aromatic N) is 3. The zero-order chi connectivity index (χ0) is 22.0. The second-order valence-electron chi connectivity index (χ2n) is 9.38. The molecule has 7 heteroatoms. The molecular weight excluding hydrogens is 420 g/mol. The third-order valence-corrected chi connectivity index (χ3v) is 8.46. The molecule has 32 heavy (non-hydrogen) atoms. The summed E-state index contributed by atoms with van der Waals surface area (Å²) < 4.78 is 7.65. The van der Waals surface area contributed by atoms with Crippen LogP contribution in [0.2, 0.25) is 0 Å². The van der Waals surface area contributed by atoms with Crippen LogP contribution in [0, 0.1) is 0 Å². The van der Waals surface area contributed by atoms with Gasteiger partial charge in [0.2, 0.25) is 0 Å². The van der Waals surface area contributed by atoms with Crippen molar-refractivity contribution in [2.24, 2.45) is 7.05 Å². The van der Waals surface area contributed by atoms with Gasteiger partial charge in [-0.25, -0.2) is 0 Å². The molecule has 1 atom stereocenters. The van der Waals surface area contributed by atoms with E-state index in [9.17, 15) is 4.79 Å². The highest BCUT2D eigenvalue weighted by molar-refractivity contribution is 7.99. The number of carbonyl (C=O) groups is 1. The van der Waals surface area contributed by atoms with Crippen LogP contribution in [-0.4, -0.2) is 71.0 Å². The molecule has 2 aliphatic heterocycles. The zero-order valence-corrected chi connectivity index (χ0v) is 19.8. The second kappa shape index (κ2) is 9.57.